The number of fused-ring (bicyclic) bond motifs is 1. The summed E-state index contributed by atoms with van der Waals surface area (Å²) in [6, 6.07) is 22.4. The molecule has 1 amide bonds. The lowest BCUT2D eigenvalue weighted by molar-refractivity contribution is -0.132. The summed E-state index contributed by atoms with van der Waals surface area (Å²) < 4.78 is 11.1. The second-order valence-electron chi connectivity index (χ2n) is 7.27. The Balaban J connectivity index is 1.69. The summed E-state index contributed by atoms with van der Waals surface area (Å²) >= 11 is 0. The van der Waals surface area contributed by atoms with E-state index in [0.29, 0.717) is 36.0 Å². The van der Waals surface area contributed by atoms with Crippen LogP contribution in [0.1, 0.15) is 17.2 Å². The van der Waals surface area contributed by atoms with Crippen LogP contribution >= 0.6 is 0 Å². The Morgan fingerprint density at radius 2 is 1.48 bits per heavy atom. The van der Waals surface area contributed by atoms with Crippen molar-refractivity contribution in [3.8, 4) is 11.5 Å². The number of Topliss-reactive ketones (excluding diaryl/α,β-unsaturated/α-hetero) is 1. The number of ether oxygens (including phenoxy) is 2. The molecule has 2 aliphatic rings. The number of amides is 1. The van der Waals surface area contributed by atoms with Gasteiger partial charge in [0.1, 0.15) is 19.0 Å². The molecular formula is C25H19NO5. The second-order valence-corrected chi connectivity index (χ2v) is 7.27. The Bertz CT molecular complexity index is 1190. The van der Waals surface area contributed by atoms with Crippen LogP contribution in [-0.2, 0) is 9.59 Å². The highest BCUT2D eigenvalue weighted by molar-refractivity contribution is 6.51. The van der Waals surface area contributed by atoms with Gasteiger partial charge >= 0.3 is 0 Å². The van der Waals surface area contributed by atoms with Crippen molar-refractivity contribution in [3.63, 3.8) is 0 Å². The number of hydrogen-bond donors (Lipinski definition) is 1. The van der Waals surface area contributed by atoms with Gasteiger partial charge in [0.2, 0.25) is 0 Å². The van der Waals surface area contributed by atoms with Gasteiger partial charge in [-0.3, -0.25) is 14.5 Å². The fraction of sp³-hybridized carbons (Fsp3) is 0.120. The number of benzene rings is 3. The first kappa shape index (κ1) is 18.9. The molecule has 0 bridgehead atoms. The van der Waals surface area contributed by atoms with Crippen LogP contribution in [-0.4, -0.2) is 30.0 Å². The van der Waals surface area contributed by atoms with E-state index >= 15 is 0 Å². The molecule has 3 aromatic carbocycles. The first-order valence-corrected chi connectivity index (χ1v) is 9.96. The lowest BCUT2D eigenvalue weighted by Crippen LogP contribution is -2.29. The second kappa shape index (κ2) is 7.65. The molecule has 1 atom stereocenters. The minimum Gasteiger partial charge on any atom is -0.507 e. The average molecular weight is 413 g/mol. The summed E-state index contributed by atoms with van der Waals surface area (Å²) in [7, 11) is 0. The van der Waals surface area contributed by atoms with Gasteiger partial charge < -0.3 is 14.6 Å². The molecular weight excluding hydrogens is 394 g/mol. The lowest BCUT2D eigenvalue weighted by atomic mass is 9.95. The maximum absolute atomic E-state index is 13.1. The Morgan fingerprint density at radius 3 is 2.19 bits per heavy atom. The number of ketones is 1. The Morgan fingerprint density at radius 1 is 0.839 bits per heavy atom. The molecule has 1 fully saturated rings. The molecule has 6 heteroatoms. The van der Waals surface area contributed by atoms with E-state index in [1.54, 1.807) is 42.5 Å². The largest absolute Gasteiger partial charge is 0.507 e. The molecule has 1 saturated heterocycles. The maximum Gasteiger partial charge on any atom is 0.300 e. The number of carbonyl (C=O) groups is 2. The van der Waals surface area contributed by atoms with E-state index in [-0.39, 0.29) is 11.3 Å². The number of aliphatic hydroxyl groups excluding tert-OH is 1. The van der Waals surface area contributed by atoms with Crippen LogP contribution in [0.5, 0.6) is 11.5 Å². The summed E-state index contributed by atoms with van der Waals surface area (Å²) in [5.41, 5.74) is 1.73. The van der Waals surface area contributed by atoms with Crippen molar-refractivity contribution >= 4 is 23.1 Å². The van der Waals surface area contributed by atoms with Gasteiger partial charge in [-0.1, -0.05) is 48.5 Å². The van der Waals surface area contributed by atoms with E-state index in [9.17, 15) is 14.7 Å². The number of hydrogen-bond acceptors (Lipinski definition) is 5. The predicted octanol–water partition coefficient (Wildman–Crippen LogP) is 4.08. The van der Waals surface area contributed by atoms with Crippen LogP contribution in [0.25, 0.3) is 5.76 Å². The van der Waals surface area contributed by atoms with Gasteiger partial charge in [0.05, 0.1) is 11.6 Å². The summed E-state index contributed by atoms with van der Waals surface area (Å²) in [4.78, 5) is 27.6. The standard InChI is InChI=1S/C25H19NO5/c27-23(17-11-12-19-20(15-17)31-14-13-30-19)21-22(16-7-3-1-4-8-16)26(25(29)24(21)28)18-9-5-2-6-10-18/h1-12,15,22,27H,13-14H2/b23-21-. The van der Waals surface area contributed by atoms with E-state index in [2.05, 4.69) is 0 Å². The molecule has 0 aliphatic carbocycles. The Labute approximate surface area is 179 Å². The normalized spacial score (nSPS) is 19.5. The molecule has 5 rings (SSSR count). The topological polar surface area (TPSA) is 76.1 Å². The van der Waals surface area contributed by atoms with Crippen LogP contribution in [0.3, 0.4) is 0 Å². The van der Waals surface area contributed by atoms with E-state index in [1.807, 2.05) is 36.4 Å². The molecule has 2 aliphatic heterocycles. The fourth-order valence-electron chi connectivity index (χ4n) is 3.98. The molecule has 6 nitrogen and oxygen atoms in total. The minimum atomic E-state index is -0.753. The zero-order chi connectivity index (χ0) is 21.4. The van der Waals surface area contributed by atoms with E-state index in [1.165, 1.54) is 4.90 Å². The Hall–Kier alpha value is -4.06. The van der Waals surface area contributed by atoms with E-state index in [4.69, 9.17) is 9.47 Å². The first-order valence-electron chi connectivity index (χ1n) is 9.96. The summed E-state index contributed by atoms with van der Waals surface area (Å²) in [6.07, 6.45) is 0. The highest BCUT2D eigenvalue weighted by Crippen LogP contribution is 2.43. The van der Waals surface area contributed by atoms with Crippen LogP contribution < -0.4 is 14.4 Å². The third-order valence-corrected chi connectivity index (χ3v) is 5.41. The van der Waals surface area contributed by atoms with Crippen LogP contribution in [0.15, 0.2) is 84.4 Å². The van der Waals surface area contributed by atoms with Gasteiger partial charge in [0.25, 0.3) is 11.7 Å². The van der Waals surface area contributed by atoms with Crippen molar-refractivity contribution in [1.82, 2.24) is 0 Å². The van der Waals surface area contributed by atoms with Gasteiger partial charge in [-0.05, 0) is 35.9 Å². The zero-order valence-corrected chi connectivity index (χ0v) is 16.5. The first-order chi connectivity index (χ1) is 15.1. The summed E-state index contributed by atoms with van der Waals surface area (Å²) in [6.45, 7) is 0.855. The Kier molecular flexibility index (Phi) is 4.67. The molecule has 2 heterocycles. The van der Waals surface area contributed by atoms with Crippen molar-refractivity contribution in [2.45, 2.75) is 6.04 Å². The van der Waals surface area contributed by atoms with Gasteiger partial charge in [0.15, 0.2) is 11.5 Å². The molecule has 154 valence electrons. The summed E-state index contributed by atoms with van der Waals surface area (Å²) in [5.74, 6) is -0.595. The monoisotopic (exact) mass is 413 g/mol. The van der Waals surface area contributed by atoms with E-state index < -0.39 is 17.7 Å². The molecule has 0 saturated carbocycles. The van der Waals surface area contributed by atoms with Gasteiger partial charge in [0, 0.05) is 11.3 Å². The van der Waals surface area contributed by atoms with Crippen molar-refractivity contribution in [2.24, 2.45) is 0 Å². The zero-order valence-electron chi connectivity index (χ0n) is 16.5. The van der Waals surface area contributed by atoms with Crippen LogP contribution in [0, 0.1) is 0 Å². The van der Waals surface area contributed by atoms with Crippen molar-refractivity contribution in [1.29, 1.82) is 0 Å². The van der Waals surface area contributed by atoms with Crippen molar-refractivity contribution < 1.29 is 24.2 Å². The maximum atomic E-state index is 13.1. The highest BCUT2D eigenvalue weighted by atomic mass is 16.6. The number of nitrogens with zero attached hydrogens (tertiary/aromatic N) is 1. The third kappa shape index (κ3) is 3.22. The molecule has 1 unspecified atom stereocenters. The SMILES string of the molecule is O=C1C(=O)N(c2ccccc2)C(c2ccccc2)/C1=C(/O)c1ccc2c(c1)OCCO2. The average Bonchev–Trinajstić information content (AvgIpc) is 3.10. The third-order valence-electron chi connectivity index (χ3n) is 5.41. The van der Waals surface area contributed by atoms with E-state index in [0.717, 1.165) is 5.56 Å². The molecule has 1 N–H and O–H groups in total. The number of carbonyl (C=O) groups excluding carboxylic acids is 2. The van der Waals surface area contributed by atoms with Crippen LogP contribution in [0.2, 0.25) is 0 Å². The quantitative estimate of drug-likeness (QED) is 0.398. The van der Waals surface area contributed by atoms with Gasteiger partial charge in [-0.25, -0.2) is 0 Å². The smallest absolute Gasteiger partial charge is 0.300 e. The molecule has 0 aromatic heterocycles. The highest BCUT2D eigenvalue weighted by Gasteiger charge is 2.46. The lowest BCUT2D eigenvalue weighted by Gasteiger charge is -2.25. The number of aliphatic hydroxyl groups is 1. The predicted molar refractivity (Wildman–Crippen MR) is 115 cm³/mol. The van der Waals surface area contributed by atoms with Gasteiger partial charge in [-0.2, -0.15) is 0 Å². The molecule has 3 aromatic rings. The number of rotatable bonds is 3. The van der Waals surface area contributed by atoms with Gasteiger partial charge in [-0.15, -0.1) is 0 Å². The van der Waals surface area contributed by atoms with Crippen molar-refractivity contribution in [2.75, 3.05) is 18.1 Å². The molecule has 0 radical (unpaired) electrons. The van der Waals surface area contributed by atoms with Crippen LogP contribution in [0.4, 0.5) is 5.69 Å². The minimum absolute atomic E-state index is 0.0386. The summed E-state index contributed by atoms with van der Waals surface area (Å²) in [5, 5.41) is 11.2. The number of para-hydroxylation sites is 1. The fourth-order valence-corrected chi connectivity index (χ4v) is 3.98. The van der Waals surface area contributed by atoms with Crippen molar-refractivity contribution in [3.05, 3.63) is 95.6 Å². The number of anilines is 1. The molecule has 0 spiro atoms. The molecule has 31 heavy (non-hydrogen) atoms.